The third kappa shape index (κ3) is 2.67. The molecule has 0 fully saturated rings. The molecule has 0 saturated heterocycles. The molecule has 0 aliphatic carbocycles. The van der Waals surface area contributed by atoms with Crippen molar-refractivity contribution in [3.63, 3.8) is 0 Å². The minimum atomic E-state index is -2.90. The summed E-state index contributed by atoms with van der Waals surface area (Å²) >= 11 is 0. The Bertz CT molecular complexity index is 1100. The van der Waals surface area contributed by atoms with Crippen molar-refractivity contribution in [2.24, 2.45) is 0 Å². The average Bonchev–Trinajstić information content (AvgIpc) is 3.15. The first kappa shape index (κ1) is 16.4. The molecular weight excluding hydrogens is 338 g/mol. The van der Waals surface area contributed by atoms with Crippen LogP contribution in [0.15, 0.2) is 54.9 Å². The Morgan fingerprint density at radius 3 is 2.54 bits per heavy atom. The number of halogens is 2. The Kier molecular flexibility index (Phi) is 3.83. The molecule has 6 heteroatoms. The maximum Gasteiger partial charge on any atom is 0.387 e. The van der Waals surface area contributed by atoms with Gasteiger partial charge in [-0.05, 0) is 56.3 Å². The van der Waals surface area contributed by atoms with E-state index in [0.29, 0.717) is 11.4 Å². The fourth-order valence-electron chi connectivity index (χ4n) is 3.30. The van der Waals surface area contributed by atoms with Gasteiger partial charge >= 0.3 is 6.61 Å². The molecule has 0 unspecified atom stereocenters. The van der Waals surface area contributed by atoms with Gasteiger partial charge in [-0.1, -0.05) is 0 Å². The van der Waals surface area contributed by atoms with Crippen molar-refractivity contribution in [2.75, 3.05) is 0 Å². The average molecular weight is 356 g/mol. The van der Waals surface area contributed by atoms with Gasteiger partial charge in [-0.15, -0.1) is 0 Å². The predicted octanol–water partition coefficient (Wildman–Crippen LogP) is 5.47. The third-order valence-corrected chi connectivity index (χ3v) is 4.53. The molecule has 134 valence electrons. The first-order valence-corrected chi connectivity index (χ1v) is 8.34. The lowest BCUT2D eigenvalue weighted by Gasteiger charge is -2.10. The van der Waals surface area contributed by atoms with Crippen LogP contribution in [0.1, 0.15) is 19.9 Å². The van der Waals surface area contributed by atoms with Crippen LogP contribution >= 0.6 is 0 Å². The second-order valence-electron chi connectivity index (χ2n) is 6.51. The Morgan fingerprint density at radius 1 is 1.00 bits per heavy atom. The highest BCUT2D eigenvalue weighted by Gasteiger charge is 2.13. The molecule has 0 saturated carbocycles. The maximum absolute atomic E-state index is 12.4. The minimum Gasteiger partial charge on any atom is -0.494 e. The molecule has 2 aromatic carbocycles. The monoisotopic (exact) mass is 356 g/mol. The van der Waals surface area contributed by atoms with Crippen LogP contribution < -0.4 is 4.74 Å². The standard InChI is InChI=1S/C20H18F2N2O2/c1-12(2)23-8-7-13-9-15(4-6-18(13)23)24-11-14-3-5-16(26-20(21)22)10-17(14)19(24)25/h3-12,20,25H,1-2H3. The molecule has 0 bridgehead atoms. The highest BCUT2D eigenvalue weighted by atomic mass is 19.3. The molecule has 0 aliphatic rings. The Morgan fingerprint density at radius 2 is 1.81 bits per heavy atom. The molecule has 1 N–H and O–H groups in total. The highest BCUT2D eigenvalue weighted by Crippen LogP contribution is 2.34. The maximum atomic E-state index is 12.4. The van der Waals surface area contributed by atoms with Gasteiger partial charge in [0.05, 0.1) is 0 Å². The van der Waals surface area contributed by atoms with Crippen molar-refractivity contribution in [2.45, 2.75) is 26.5 Å². The number of fused-ring (bicyclic) bond motifs is 2. The molecule has 0 spiro atoms. The summed E-state index contributed by atoms with van der Waals surface area (Å²) in [6.45, 7) is 1.34. The van der Waals surface area contributed by atoms with E-state index in [4.69, 9.17) is 0 Å². The Balaban J connectivity index is 1.81. The second-order valence-corrected chi connectivity index (χ2v) is 6.51. The van der Waals surface area contributed by atoms with Gasteiger partial charge in [0.2, 0.25) is 5.88 Å². The van der Waals surface area contributed by atoms with Gasteiger partial charge in [0.15, 0.2) is 0 Å². The number of rotatable bonds is 4. The fourth-order valence-corrected chi connectivity index (χ4v) is 3.30. The van der Waals surface area contributed by atoms with Gasteiger partial charge in [0, 0.05) is 45.8 Å². The van der Waals surface area contributed by atoms with E-state index < -0.39 is 6.61 Å². The van der Waals surface area contributed by atoms with E-state index in [0.717, 1.165) is 22.0 Å². The Labute approximate surface area is 148 Å². The summed E-state index contributed by atoms with van der Waals surface area (Å²) in [7, 11) is 0. The zero-order valence-corrected chi connectivity index (χ0v) is 14.4. The van der Waals surface area contributed by atoms with Crippen molar-refractivity contribution in [1.82, 2.24) is 9.13 Å². The summed E-state index contributed by atoms with van der Waals surface area (Å²) in [4.78, 5) is 0. The van der Waals surface area contributed by atoms with Crippen LogP contribution in [0.4, 0.5) is 8.78 Å². The second kappa shape index (κ2) is 6.05. The summed E-state index contributed by atoms with van der Waals surface area (Å²) in [5, 5.41) is 12.8. The summed E-state index contributed by atoms with van der Waals surface area (Å²) in [6, 6.07) is 12.9. The topological polar surface area (TPSA) is 39.3 Å². The number of aromatic hydroxyl groups is 1. The molecule has 0 radical (unpaired) electrons. The molecule has 4 nitrogen and oxygen atoms in total. The van der Waals surface area contributed by atoms with Gasteiger partial charge in [-0.2, -0.15) is 8.78 Å². The summed E-state index contributed by atoms with van der Waals surface area (Å²) < 4.78 is 33.1. The number of hydrogen-bond acceptors (Lipinski definition) is 2. The highest BCUT2D eigenvalue weighted by molar-refractivity contribution is 5.90. The van der Waals surface area contributed by atoms with Crippen LogP contribution in [0.2, 0.25) is 0 Å². The van der Waals surface area contributed by atoms with E-state index in [1.807, 2.05) is 30.5 Å². The van der Waals surface area contributed by atoms with Crippen LogP contribution in [0.3, 0.4) is 0 Å². The van der Waals surface area contributed by atoms with Crippen molar-refractivity contribution >= 4 is 21.7 Å². The Hall–Kier alpha value is -3.02. The minimum absolute atomic E-state index is 0.0117. The SMILES string of the molecule is CC(C)n1ccc2cc(-n3cc4ccc(OC(F)F)cc4c3O)ccc21. The molecule has 2 heterocycles. The molecule has 26 heavy (non-hydrogen) atoms. The number of hydrogen-bond donors (Lipinski definition) is 1. The van der Waals surface area contributed by atoms with E-state index in [9.17, 15) is 13.9 Å². The van der Waals surface area contributed by atoms with Crippen molar-refractivity contribution < 1.29 is 18.6 Å². The van der Waals surface area contributed by atoms with Crippen molar-refractivity contribution in [3.05, 3.63) is 54.9 Å². The first-order valence-electron chi connectivity index (χ1n) is 8.34. The van der Waals surface area contributed by atoms with E-state index >= 15 is 0 Å². The van der Waals surface area contributed by atoms with E-state index in [2.05, 4.69) is 23.2 Å². The summed E-state index contributed by atoms with van der Waals surface area (Å²) in [5.74, 6) is 0.00682. The number of nitrogens with zero attached hydrogens (tertiary/aromatic N) is 2. The fraction of sp³-hybridized carbons (Fsp3) is 0.200. The lowest BCUT2D eigenvalue weighted by molar-refractivity contribution is -0.0497. The molecule has 0 atom stereocenters. The van der Waals surface area contributed by atoms with E-state index in [1.54, 1.807) is 16.8 Å². The van der Waals surface area contributed by atoms with Crippen molar-refractivity contribution in [3.8, 4) is 17.3 Å². The van der Waals surface area contributed by atoms with Gasteiger partial charge in [0.25, 0.3) is 0 Å². The normalized spacial score (nSPS) is 11.9. The third-order valence-electron chi connectivity index (χ3n) is 4.53. The first-order chi connectivity index (χ1) is 12.4. The quantitative estimate of drug-likeness (QED) is 0.526. The van der Waals surface area contributed by atoms with Gasteiger partial charge < -0.3 is 14.4 Å². The van der Waals surface area contributed by atoms with Crippen LogP contribution in [-0.2, 0) is 0 Å². The smallest absolute Gasteiger partial charge is 0.387 e. The largest absolute Gasteiger partial charge is 0.494 e. The van der Waals surface area contributed by atoms with Crippen molar-refractivity contribution in [1.29, 1.82) is 0 Å². The molecule has 4 rings (SSSR count). The summed E-state index contributed by atoms with van der Waals surface area (Å²) in [5.41, 5.74) is 1.91. The summed E-state index contributed by atoms with van der Waals surface area (Å²) in [6.07, 6.45) is 3.82. The number of aromatic nitrogens is 2. The lowest BCUT2D eigenvalue weighted by Crippen LogP contribution is -2.01. The van der Waals surface area contributed by atoms with Gasteiger partial charge in [0.1, 0.15) is 5.75 Å². The van der Waals surface area contributed by atoms with Crippen LogP contribution in [-0.4, -0.2) is 20.9 Å². The molecule has 2 aromatic heterocycles. The van der Waals surface area contributed by atoms with Crippen LogP contribution in [0.5, 0.6) is 11.6 Å². The molecule has 0 amide bonds. The van der Waals surface area contributed by atoms with Crippen LogP contribution in [0, 0.1) is 0 Å². The van der Waals surface area contributed by atoms with Crippen LogP contribution in [0.25, 0.3) is 27.4 Å². The number of benzene rings is 2. The van der Waals surface area contributed by atoms with E-state index in [1.165, 1.54) is 12.1 Å². The lowest BCUT2D eigenvalue weighted by atomic mass is 10.2. The molecular formula is C20H18F2N2O2. The predicted molar refractivity (Wildman–Crippen MR) is 97.5 cm³/mol. The zero-order chi connectivity index (χ0) is 18.4. The number of alkyl halides is 2. The van der Waals surface area contributed by atoms with Gasteiger partial charge in [-0.25, -0.2) is 0 Å². The molecule has 0 aliphatic heterocycles. The van der Waals surface area contributed by atoms with Gasteiger partial charge in [-0.3, -0.25) is 4.57 Å². The zero-order valence-electron chi connectivity index (χ0n) is 14.4. The molecule has 4 aromatic rings. The number of ether oxygens (including phenoxy) is 1. The van der Waals surface area contributed by atoms with E-state index in [-0.39, 0.29) is 11.6 Å².